The van der Waals surface area contributed by atoms with Crippen LogP contribution in [0, 0.1) is 5.82 Å². The Balaban J connectivity index is 1.84. The van der Waals surface area contributed by atoms with E-state index >= 15 is 0 Å². The van der Waals surface area contributed by atoms with Crippen molar-refractivity contribution < 1.29 is 17.6 Å². The Labute approximate surface area is 159 Å². The number of nitrogens with zero attached hydrogens (tertiary/aromatic N) is 2. The Morgan fingerprint density at radius 3 is 2.26 bits per heavy atom. The van der Waals surface area contributed by atoms with E-state index in [4.69, 9.17) is 0 Å². The van der Waals surface area contributed by atoms with Gasteiger partial charge in [0.2, 0.25) is 15.9 Å². The van der Waals surface area contributed by atoms with Crippen LogP contribution in [0.1, 0.15) is 6.42 Å². The number of para-hydroxylation sites is 1. The van der Waals surface area contributed by atoms with Crippen LogP contribution in [0.25, 0.3) is 0 Å². The van der Waals surface area contributed by atoms with E-state index in [1.54, 1.807) is 0 Å². The molecule has 0 saturated heterocycles. The van der Waals surface area contributed by atoms with E-state index in [-0.39, 0.29) is 12.2 Å². The van der Waals surface area contributed by atoms with Crippen molar-refractivity contribution in [3.05, 3.63) is 60.4 Å². The third-order valence-electron chi connectivity index (χ3n) is 3.99. The number of carbonyl (C=O) groups excluding carboxylic acids is 1. The maximum atomic E-state index is 13.1. The molecular formula is C19H24FN3O3S. The van der Waals surface area contributed by atoms with Crippen molar-refractivity contribution in [1.82, 2.24) is 5.32 Å². The molecule has 2 rings (SSSR count). The zero-order chi connectivity index (χ0) is 19.9. The van der Waals surface area contributed by atoms with Crippen LogP contribution in [0.2, 0.25) is 0 Å². The van der Waals surface area contributed by atoms with E-state index in [9.17, 15) is 17.6 Å². The van der Waals surface area contributed by atoms with E-state index < -0.39 is 21.7 Å². The second-order valence-electron chi connectivity index (χ2n) is 6.21. The lowest BCUT2D eigenvalue weighted by Gasteiger charge is -2.22. The minimum absolute atomic E-state index is 0.248. The summed E-state index contributed by atoms with van der Waals surface area (Å²) in [7, 11) is -1.69. The highest BCUT2D eigenvalue weighted by Gasteiger charge is 2.20. The van der Waals surface area contributed by atoms with Crippen LogP contribution >= 0.6 is 0 Å². The molecule has 0 bridgehead atoms. The number of amides is 1. The molecule has 0 atom stereocenters. The van der Waals surface area contributed by atoms with Gasteiger partial charge in [-0.25, -0.2) is 12.8 Å². The molecule has 0 saturated carbocycles. The van der Waals surface area contributed by atoms with Gasteiger partial charge in [0.05, 0.1) is 11.9 Å². The second kappa shape index (κ2) is 9.36. The summed E-state index contributed by atoms with van der Waals surface area (Å²) in [5.41, 5.74) is 1.33. The van der Waals surface area contributed by atoms with Gasteiger partial charge in [0.25, 0.3) is 0 Å². The van der Waals surface area contributed by atoms with Gasteiger partial charge in [-0.2, -0.15) is 0 Å². The number of carbonyl (C=O) groups is 1. The van der Waals surface area contributed by atoms with Gasteiger partial charge in [0.1, 0.15) is 12.4 Å². The highest BCUT2D eigenvalue weighted by molar-refractivity contribution is 7.92. The van der Waals surface area contributed by atoms with Crippen LogP contribution in [-0.2, 0) is 14.8 Å². The summed E-state index contributed by atoms with van der Waals surface area (Å²) in [5, 5.41) is 2.73. The first kappa shape index (κ1) is 20.7. The van der Waals surface area contributed by atoms with Crippen molar-refractivity contribution in [3.8, 4) is 0 Å². The molecule has 2 aromatic carbocycles. The lowest BCUT2D eigenvalue weighted by Crippen LogP contribution is -2.41. The summed E-state index contributed by atoms with van der Waals surface area (Å²) in [6.45, 7) is 0.827. The van der Waals surface area contributed by atoms with E-state index in [0.717, 1.165) is 34.9 Å². The van der Waals surface area contributed by atoms with Gasteiger partial charge in [0, 0.05) is 25.8 Å². The molecule has 0 aliphatic rings. The number of anilines is 2. The summed E-state index contributed by atoms with van der Waals surface area (Å²) in [6, 6.07) is 14.9. The first-order valence-electron chi connectivity index (χ1n) is 8.53. The summed E-state index contributed by atoms with van der Waals surface area (Å²) in [5.74, 6) is -0.883. The molecular weight excluding hydrogens is 369 g/mol. The fourth-order valence-electron chi connectivity index (χ4n) is 2.55. The molecule has 0 heterocycles. The minimum atomic E-state index is -3.66. The Bertz CT molecular complexity index is 842. The van der Waals surface area contributed by atoms with Crippen LogP contribution in [0.15, 0.2) is 54.6 Å². The van der Waals surface area contributed by atoms with Crippen LogP contribution in [-0.4, -0.2) is 47.3 Å². The van der Waals surface area contributed by atoms with Crippen LogP contribution < -0.4 is 14.5 Å². The van der Waals surface area contributed by atoms with Crippen molar-refractivity contribution in [2.45, 2.75) is 6.42 Å². The molecule has 2 aromatic rings. The number of halogens is 1. The topological polar surface area (TPSA) is 69.7 Å². The van der Waals surface area contributed by atoms with Gasteiger partial charge in [-0.15, -0.1) is 0 Å². The summed E-state index contributed by atoms with van der Waals surface area (Å²) in [6.07, 6.45) is 1.73. The Morgan fingerprint density at radius 2 is 1.67 bits per heavy atom. The first-order chi connectivity index (χ1) is 12.8. The minimum Gasteiger partial charge on any atom is -0.375 e. The SMILES string of the molecule is CN(CCCNC(=O)CN(c1ccc(F)cc1)S(C)(=O)=O)c1ccccc1. The average molecular weight is 393 g/mol. The normalized spacial score (nSPS) is 11.1. The number of sulfonamides is 1. The number of benzene rings is 2. The van der Waals surface area contributed by atoms with E-state index in [2.05, 4.69) is 10.2 Å². The van der Waals surface area contributed by atoms with Gasteiger partial charge in [0.15, 0.2) is 0 Å². The number of nitrogens with one attached hydrogen (secondary N) is 1. The zero-order valence-electron chi connectivity index (χ0n) is 15.4. The standard InChI is InChI=1S/C19H24FN3O3S/c1-22(17-7-4-3-5-8-17)14-6-13-21-19(24)15-23(27(2,25)26)18-11-9-16(20)10-12-18/h3-5,7-12H,6,13-15H2,1-2H3,(H,21,24). The monoisotopic (exact) mass is 393 g/mol. The molecule has 0 radical (unpaired) electrons. The smallest absolute Gasteiger partial charge is 0.240 e. The predicted octanol–water partition coefficient (Wildman–Crippen LogP) is 2.23. The van der Waals surface area contributed by atoms with E-state index in [1.807, 2.05) is 37.4 Å². The molecule has 8 heteroatoms. The molecule has 0 aromatic heterocycles. The molecule has 0 aliphatic carbocycles. The summed E-state index contributed by atoms with van der Waals surface area (Å²) in [4.78, 5) is 14.2. The van der Waals surface area contributed by atoms with Gasteiger partial charge in [-0.3, -0.25) is 9.10 Å². The van der Waals surface area contributed by atoms with Gasteiger partial charge < -0.3 is 10.2 Å². The number of hydrogen-bond acceptors (Lipinski definition) is 4. The highest BCUT2D eigenvalue weighted by Crippen LogP contribution is 2.17. The van der Waals surface area contributed by atoms with Gasteiger partial charge >= 0.3 is 0 Å². The fourth-order valence-corrected chi connectivity index (χ4v) is 3.41. The maximum absolute atomic E-state index is 13.1. The van der Waals surface area contributed by atoms with Crippen LogP contribution in [0.3, 0.4) is 0 Å². The van der Waals surface area contributed by atoms with Crippen LogP contribution in [0.5, 0.6) is 0 Å². The zero-order valence-corrected chi connectivity index (χ0v) is 16.2. The number of rotatable bonds is 9. The first-order valence-corrected chi connectivity index (χ1v) is 10.4. The van der Waals surface area contributed by atoms with Crippen molar-refractivity contribution >= 4 is 27.3 Å². The molecule has 1 N–H and O–H groups in total. The molecule has 27 heavy (non-hydrogen) atoms. The summed E-state index contributed by atoms with van der Waals surface area (Å²) >= 11 is 0. The highest BCUT2D eigenvalue weighted by atomic mass is 32.2. The predicted molar refractivity (Wildman–Crippen MR) is 106 cm³/mol. The largest absolute Gasteiger partial charge is 0.375 e. The van der Waals surface area contributed by atoms with Crippen molar-refractivity contribution in [1.29, 1.82) is 0 Å². The number of hydrogen-bond donors (Lipinski definition) is 1. The van der Waals surface area contributed by atoms with Gasteiger partial charge in [-0.05, 0) is 42.8 Å². The Kier molecular flexibility index (Phi) is 7.18. The lowest BCUT2D eigenvalue weighted by molar-refractivity contribution is -0.119. The molecule has 0 fully saturated rings. The Hall–Kier alpha value is -2.61. The molecule has 6 nitrogen and oxygen atoms in total. The molecule has 0 aliphatic heterocycles. The molecule has 1 amide bonds. The third kappa shape index (κ3) is 6.56. The van der Waals surface area contributed by atoms with E-state index in [0.29, 0.717) is 13.0 Å². The Morgan fingerprint density at radius 1 is 1.04 bits per heavy atom. The fraction of sp³-hybridized carbons (Fsp3) is 0.316. The van der Waals surface area contributed by atoms with E-state index in [1.165, 1.54) is 12.1 Å². The van der Waals surface area contributed by atoms with Crippen molar-refractivity contribution in [3.63, 3.8) is 0 Å². The van der Waals surface area contributed by atoms with Crippen LogP contribution in [0.4, 0.5) is 15.8 Å². The van der Waals surface area contributed by atoms with Gasteiger partial charge in [-0.1, -0.05) is 18.2 Å². The quantitative estimate of drug-likeness (QED) is 0.664. The lowest BCUT2D eigenvalue weighted by atomic mass is 10.3. The second-order valence-corrected chi connectivity index (χ2v) is 8.11. The van der Waals surface area contributed by atoms with Crippen molar-refractivity contribution in [2.24, 2.45) is 0 Å². The van der Waals surface area contributed by atoms with Crippen molar-refractivity contribution in [2.75, 3.05) is 42.1 Å². The average Bonchev–Trinajstić information content (AvgIpc) is 2.64. The molecule has 0 unspecified atom stereocenters. The summed E-state index contributed by atoms with van der Waals surface area (Å²) < 4.78 is 38.0. The molecule has 0 spiro atoms. The third-order valence-corrected chi connectivity index (χ3v) is 5.13. The molecule has 146 valence electrons. The maximum Gasteiger partial charge on any atom is 0.240 e.